The van der Waals surface area contributed by atoms with Crippen LogP contribution in [0.5, 0.6) is 0 Å². The zero-order valence-electron chi connectivity index (χ0n) is 45.2. The van der Waals surface area contributed by atoms with Crippen molar-refractivity contribution in [2.45, 2.75) is 174 Å². The molecule has 0 spiro atoms. The van der Waals surface area contributed by atoms with Crippen LogP contribution in [-0.2, 0) is 46.8 Å². The van der Waals surface area contributed by atoms with Gasteiger partial charge in [0.2, 0.25) is 5.91 Å². The van der Waals surface area contributed by atoms with Gasteiger partial charge in [-0.25, -0.2) is 4.79 Å². The second kappa shape index (κ2) is 42.7. The number of carbonyl (C=O) groups excluding carboxylic acids is 2. The maximum atomic E-state index is 13.7. The van der Waals surface area contributed by atoms with Crippen LogP contribution in [0.2, 0.25) is 0 Å². The fourth-order valence-electron chi connectivity index (χ4n) is 8.82. The van der Waals surface area contributed by atoms with E-state index in [0.717, 1.165) is 41.5 Å². The van der Waals surface area contributed by atoms with Gasteiger partial charge in [0.1, 0.15) is 12.6 Å². The van der Waals surface area contributed by atoms with Gasteiger partial charge in [-0.05, 0) is 48.9 Å². The number of rotatable bonds is 49. The van der Waals surface area contributed by atoms with Crippen LogP contribution in [0.15, 0.2) is 48.5 Å². The number of hydrogen-bond acceptors (Lipinski definition) is 12. The Kier molecular flexibility index (Phi) is 37.8. The van der Waals surface area contributed by atoms with Crippen LogP contribution in [-0.4, -0.2) is 128 Å². The van der Waals surface area contributed by atoms with Gasteiger partial charge in [-0.15, -0.1) is 0 Å². The molecule has 1 aliphatic rings. The molecule has 0 saturated carbocycles. The average Bonchev–Trinajstić information content (AvgIpc) is 3.70. The van der Waals surface area contributed by atoms with Crippen LogP contribution in [0.3, 0.4) is 0 Å². The van der Waals surface area contributed by atoms with Gasteiger partial charge in [-0.3, -0.25) is 9.36 Å². The first-order valence-corrected chi connectivity index (χ1v) is 31.0. The molecule has 2 atom stereocenters. The minimum absolute atomic E-state index is 0.0983. The third kappa shape index (κ3) is 29.0. The standard InChI is InChI=1S/C57H97N2O11PS/c1-5-9-11-13-15-17-19-21-23-29-36-66-45-49(67-37-30-24-22-20-18-16-14-12-10-6-2)47-72-48-55(59-57(61)68-46-54-52-33-27-25-31-50(52)51-32-26-28-34-53(51)54)56(60)58-35-38-63-39-40-64-41-42-65-43-44-71(62,69-7-3)70-8-4/h25-28,31-34,49,54-55H,5-24,29-30,35-48H2,1-4H3,(H,58,60)(H,59,61)/t49-,55+/m1/s1. The van der Waals surface area contributed by atoms with Gasteiger partial charge in [0.25, 0.3) is 0 Å². The summed E-state index contributed by atoms with van der Waals surface area (Å²) in [4.78, 5) is 27.3. The molecule has 2 amide bonds. The Labute approximate surface area is 440 Å². The van der Waals surface area contributed by atoms with Crippen molar-refractivity contribution < 1.29 is 51.6 Å². The number of thioether (sulfide) groups is 1. The molecule has 2 aromatic rings. The summed E-state index contributed by atoms with van der Waals surface area (Å²) in [5.74, 6) is 0.546. The quantitative estimate of drug-likeness (QED) is 0.0480. The number of alkyl carbamates (subject to hydrolysis) is 1. The third-order valence-corrected chi connectivity index (χ3v) is 16.0. The molecule has 0 bridgehead atoms. The molecule has 0 aromatic heterocycles. The van der Waals surface area contributed by atoms with E-state index >= 15 is 0 Å². The predicted octanol–water partition coefficient (Wildman–Crippen LogP) is 13.3. The monoisotopic (exact) mass is 1050 g/mol. The van der Waals surface area contributed by atoms with E-state index in [0.29, 0.717) is 71.0 Å². The lowest BCUT2D eigenvalue weighted by molar-refractivity contribution is -0.122. The van der Waals surface area contributed by atoms with Crippen molar-refractivity contribution in [3.8, 4) is 11.1 Å². The molecule has 72 heavy (non-hydrogen) atoms. The van der Waals surface area contributed by atoms with E-state index in [1.54, 1.807) is 25.6 Å². The highest BCUT2D eigenvalue weighted by molar-refractivity contribution is 7.99. The molecule has 0 heterocycles. The Hall–Kier alpha value is -2.52. The zero-order valence-corrected chi connectivity index (χ0v) is 46.9. The molecule has 2 aromatic carbocycles. The van der Waals surface area contributed by atoms with Gasteiger partial charge in [-0.1, -0.05) is 178 Å². The van der Waals surface area contributed by atoms with Gasteiger partial charge in [0.05, 0.1) is 71.7 Å². The topological polar surface area (TPSA) is 149 Å². The van der Waals surface area contributed by atoms with Gasteiger partial charge >= 0.3 is 13.7 Å². The van der Waals surface area contributed by atoms with Crippen molar-refractivity contribution in [1.29, 1.82) is 0 Å². The van der Waals surface area contributed by atoms with E-state index in [1.807, 2.05) is 24.3 Å². The lowest BCUT2D eigenvalue weighted by Crippen LogP contribution is -2.49. The van der Waals surface area contributed by atoms with Crippen LogP contribution >= 0.6 is 19.4 Å². The molecule has 0 radical (unpaired) electrons. The summed E-state index contributed by atoms with van der Waals surface area (Å²) in [6.07, 6.45) is 24.9. The number of fused-ring (bicyclic) bond motifs is 3. The zero-order chi connectivity index (χ0) is 51.6. The van der Waals surface area contributed by atoms with Crippen molar-refractivity contribution in [2.75, 3.05) is 103 Å². The summed E-state index contributed by atoms with van der Waals surface area (Å²) >= 11 is 1.58. The third-order valence-electron chi connectivity index (χ3n) is 12.8. The SMILES string of the molecule is CCCCCCCCCCCCOC[C@H](CSC[C@H](NC(=O)OCC1c2ccccc2-c2ccccc21)C(=O)NCCOCCOCCOCCP(=O)(OCC)OCC)OCCCCCCCCCCCC. The molecule has 13 nitrogen and oxygen atoms in total. The fourth-order valence-corrected chi connectivity index (χ4v) is 11.4. The number of benzene rings is 2. The molecule has 1 aliphatic carbocycles. The maximum absolute atomic E-state index is 13.7. The molecule has 0 aliphatic heterocycles. The van der Waals surface area contributed by atoms with Gasteiger partial charge in [0, 0.05) is 37.2 Å². The van der Waals surface area contributed by atoms with Crippen molar-refractivity contribution >= 4 is 31.4 Å². The highest BCUT2D eigenvalue weighted by atomic mass is 32.2. The summed E-state index contributed by atoms with van der Waals surface area (Å²) in [5, 5.41) is 5.84. The van der Waals surface area contributed by atoms with Crippen molar-refractivity contribution in [3.63, 3.8) is 0 Å². The average molecular weight is 1050 g/mol. The first-order valence-electron chi connectivity index (χ1n) is 28.1. The second-order valence-corrected chi connectivity index (χ2v) is 22.1. The second-order valence-electron chi connectivity index (χ2n) is 18.8. The Morgan fingerprint density at radius 1 is 0.569 bits per heavy atom. The minimum Gasteiger partial charge on any atom is -0.449 e. The van der Waals surface area contributed by atoms with E-state index in [9.17, 15) is 14.2 Å². The summed E-state index contributed by atoms with van der Waals surface area (Å²) in [6, 6.07) is 15.6. The molecule has 3 rings (SSSR count). The lowest BCUT2D eigenvalue weighted by Gasteiger charge is -2.22. The molecule has 0 fully saturated rings. The lowest BCUT2D eigenvalue weighted by atomic mass is 9.98. The van der Waals surface area contributed by atoms with E-state index in [1.165, 1.54) is 109 Å². The number of unbranched alkanes of at least 4 members (excludes halogenated alkanes) is 18. The first-order chi connectivity index (χ1) is 35.4. The first kappa shape index (κ1) is 63.8. The van der Waals surface area contributed by atoms with Crippen LogP contribution in [0, 0.1) is 0 Å². The molecule has 2 N–H and O–H groups in total. The smallest absolute Gasteiger partial charge is 0.407 e. The number of hydrogen-bond donors (Lipinski definition) is 2. The molecule has 15 heteroatoms. The number of carbonyl (C=O) groups is 2. The molecule has 412 valence electrons. The van der Waals surface area contributed by atoms with E-state index in [-0.39, 0.29) is 50.5 Å². The number of nitrogens with one attached hydrogen (secondary N) is 2. The number of amides is 2. The van der Waals surface area contributed by atoms with Crippen LogP contribution in [0.1, 0.15) is 173 Å². The summed E-state index contributed by atoms with van der Waals surface area (Å²) < 4.78 is 58.6. The summed E-state index contributed by atoms with van der Waals surface area (Å²) in [7, 11) is -3.13. The highest BCUT2D eigenvalue weighted by Crippen LogP contribution is 2.47. The number of ether oxygens (including phenoxy) is 6. The maximum Gasteiger partial charge on any atom is 0.407 e. The minimum atomic E-state index is -3.13. The molecule has 0 saturated heterocycles. The van der Waals surface area contributed by atoms with Crippen molar-refractivity contribution in [3.05, 3.63) is 59.7 Å². The fraction of sp³-hybridized carbons (Fsp3) is 0.754. The van der Waals surface area contributed by atoms with Crippen LogP contribution < -0.4 is 10.6 Å². The van der Waals surface area contributed by atoms with Crippen molar-refractivity contribution in [2.24, 2.45) is 0 Å². The van der Waals surface area contributed by atoms with E-state index in [2.05, 4.69) is 48.7 Å². The molecular formula is C57H97N2O11PS. The summed E-state index contributed by atoms with van der Waals surface area (Å²) in [6.45, 7) is 12.9. The molecular weight excluding hydrogens is 952 g/mol. The largest absolute Gasteiger partial charge is 0.449 e. The van der Waals surface area contributed by atoms with E-state index < -0.39 is 19.7 Å². The Bertz CT molecular complexity index is 1650. The Morgan fingerprint density at radius 3 is 1.60 bits per heavy atom. The molecule has 0 unspecified atom stereocenters. The predicted molar refractivity (Wildman–Crippen MR) is 295 cm³/mol. The van der Waals surface area contributed by atoms with Gasteiger partial charge in [0.15, 0.2) is 0 Å². The van der Waals surface area contributed by atoms with Crippen molar-refractivity contribution in [1.82, 2.24) is 10.6 Å². The summed E-state index contributed by atoms with van der Waals surface area (Å²) in [5.41, 5.74) is 4.55. The Balaban J connectivity index is 1.49. The van der Waals surface area contributed by atoms with E-state index in [4.69, 9.17) is 37.5 Å². The highest BCUT2D eigenvalue weighted by Gasteiger charge is 2.30. The normalized spacial score (nSPS) is 13.2. The van der Waals surface area contributed by atoms with Gasteiger partial charge in [-0.2, -0.15) is 11.8 Å². The van der Waals surface area contributed by atoms with Gasteiger partial charge < -0.3 is 48.1 Å². The van der Waals surface area contributed by atoms with Crippen LogP contribution in [0.4, 0.5) is 4.79 Å². The Morgan fingerprint density at radius 2 is 1.06 bits per heavy atom. The van der Waals surface area contributed by atoms with Crippen LogP contribution in [0.25, 0.3) is 11.1 Å².